The average Bonchev–Trinajstić information content (AvgIpc) is 2.36. The molecular formula is C14H22N2O2. The van der Waals surface area contributed by atoms with Gasteiger partial charge in [-0.3, -0.25) is 4.79 Å². The number of amides is 1. The Kier molecular flexibility index (Phi) is 4.73. The third kappa shape index (κ3) is 3.47. The van der Waals surface area contributed by atoms with E-state index >= 15 is 0 Å². The fourth-order valence-electron chi connectivity index (χ4n) is 1.62. The van der Waals surface area contributed by atoms with Gasteiger partial charge in [-0.15, -0.1) is 0 Å². The van der Waals surface area contributed by atoms with Gasteiger partial charge in [0, 0.05) is 23.2 Å². The van der Waals surface area contributed by atoms with Crippen molar-refractivity contribution in [3.8, 4) is 0 Å². The smallest absolute Gasteiger partial charge is 0.248 e. The van der Waals surface area contributed by atoms with Crippen molar-refractivity contribution in [1.82, 2.24) is 0 Å². The first-order chi connectivity index (χ1) is 8.41. The highest BCUT2D eigenvalue weighted by molar-refractivity contribution is 5.93. The van der Waals surface area contributed by atoms with Crippen molar-refractivity contribution in [2.24, 2.45) is 11.1 Å². The van der Waals surface area contributed by atoms with Crippen LogP contribution in [0.25, 0.3) is 0 Å². The van der Waals surface area contributed by atoms with Crippen molar-refractivity contribution >= 4 is 11.6 Å². The van der Waals surface area contributed by atoms with Crippen LogP contribution in [0.5, 0.6) is 0 Å². The summed E-state index contributed by atoms with van der Waals surface area (Å²) < 4.78 is 0. The minimum atomic E-state index is -0.418. The van der Waals surface area contributed by atoms with Gasteiger partial charge in [-0.1, -0.05) is 13.8 Å². The molecule has 1 amide bonds. The fraction of sp³-hybridized carbons (Fsp3) is 0.500. The van der Waals surface area contributed by atoms with E-state index in [2.05, 4.69) is 12.2 Å². The molecule has 0 saturated carbocycles. The first-order valence-electron chi connectivity index (χ1n) is 6.17. The summed E-state index contributed by atoms with van der Waals surface area (Å²) in [6.07, 6.45) is 0.898. The summed E-state index contributed by atoms with van der Waals surface area (Å²) >= 11 is 0. The van der Waals surface area contributed by atoms with Gasteiger partial charge in [0.1, 0.15) is 0 Å². The second kappa shape index (κ2) is 5.87. The molecule has 1 rings (SSSR count). The van der Waals surface area contributed by atoms with Crippen LogP contribution in [0.2, 0.25) is 0 Å². The third-order valence-electron chi connectivity index (χ3n) is 3.45. The summed E-state index contributed by atoms with van der Waals surface area (Å²) in [7, 11) is 0. The maximum Gasteiger partial charge on any atom is 0.248 e. The molecule has 0 fully saturated rings. The van der Waals surface area contributed by atoms with Gasteiger partial charge in [-0.2, -0.15) is 0 Å². The highest BCUT2D eigenvalue weighted by Gasteiger charge is 2.20. The lowest BCUT2D eigenvalue weighted by molar-refractivity contribution is 0.1000. The monoisotopic (exact) mass is 250 g/mol. The molecule has 0 aromatic heterocycles. The van der Waals surface area contributed by atoms with Crippen LogP contribution in [0.4, 0.5) is 5.69 Å². The molecule has 0 radical (unpaired) electrons. The lowest BCUT2D eigenvalue weighted by Gasteiger charge is -2.26. The molecule has 4 nitrogen and oxygen atoms in total. The molecule has 4 N–H and O–H groups in total. The Labute approximate surface area is 108 Å². The fourth-order valence-corrected chi connectivity index (χ4v) is 1.62. The van der Waals surface area contributed by atoms with Gasteiger partial charge < -0.3 is 16.2 Å². The van der Waals surface area contributed by atoms with E-state index < -0.39 is 5.91 Å². The van der Waals surface area contributed by atoms with Crippen LogP contribution in [0.15, 0.2) is 18.2 Å². The standard InChI is InChI=1S/C14H22N2O2/c1-4-14(3,9-17)8-16-12-6-5-11(13(15)18)7-10(12)2/h5-7,16-17H,4,8-9H2,1-3H3,(H2,15,18). The normalized spacial score (nSPS) is 14.0. The Morgan fingerprint density at radius 3 is 2.61 bits per heavy atom. The summed E-state index contributed by atoms with van der Waals surface area (Å²) in [4.78, 5) is 11.0. The van der Waals surface area contributed by atoms with Crippen LogP contribution >= 0.6 is 0 Å². The number of hydrogen-bond acceptors (Lipinski definition) is 3. The lowest BCUT2D eigenvalue weighted by Crippen LogP contribution is -2.29. The topological polar surface area (TPSA) is 75.3 Å². The number of carbonyl (C=O) groups excluding carboxylic acids is 1. The molecule has 0 aliphatic carbocycles. The molecule has 1 aromatic rings. The van der Waals surface area contributed by atoms with Crippen molar-refractivity contribution < 1.29 is 9.90 Å². The molecule has 1 unspecified atom stereocenters. The first kappa shape index (κ1) is 14.5. The summed E-state index contributed by atoms with van der Waals surface area (Å²) in [5, 5.41) is 12.7. The van der Waals surface area contributed by atoms with Crippen molar-refractivity contribution in [3.63, 3.8) is 0 Å². The number of aryl methyl sites for hydroxylation is 1. The molecule has 100 valence electrons. The number of anilines is 1. The SMILES string of the molecule is CCC(C)(CO)CNc1ccc(C(N)=O)cc1C. The minimum Gasteiger partial charge on any atom is -0.396 e. The Balaban J connectivity index is 2.77. The van der Waals surface area contributed by atoms with Crippen LogP contribution in [-0.4, -0.2) is 24.2 Å². The van der Waals surface area contributed by atoms with Crippen molar-refractivity contribution in [1.29, 1.82) is 0 Å². The molecule has 0 saturated heterocycles. The summed E-state index contributed by atoms with van der Waals surface area (Å²) in [6.45, 7) is 6.86. The predicted molar refractivity (Wildman–Crippen MR) is 73.7 cm³/mol. The van der Waals surface area contributed by atoms with E-state index in [1.54, 1.807) is 12.1 Å². The summed E-state index contributed by atoms with van der Waals surface area (Å²) in [6, 6.07) is 5.33. The Morgan fingerprint density at radius 1 is 1.50 bits per heavy atom. The summed E-state index contributed by atoms with van der Waals surface area (Å²) in [5.41, 5.74) is 7.55. The second-order valence-corrected chi connectivity index (χ2v) is 5.07. The number of aliphatic hydroxyl groups excluding tert-OH is 1. The lowest BCUT2D eigenvalue weighted by atomic mass is 9.88. The van der Waals surface area contributed by atoms with Gasteiger partial charge in [0.05, 0.1) is 6.61 Å². The van der Waals surface area contributed by atoms with E-state index in [4.69, 9.17) is 5.73 Å². The molecular weight excluding hydrogens is 228 g/mol. The number of benzene rings is 1. The van der Waals surface area contributed by atoms with E-state index in [9.17, 15) is 9.90 Å². The quantitative estimate of drug-likeness (QED) is 0.722. The zero-order chi connectivity index (χ0) is 13.8. The number of nitrogens with two attached hydrogens (primary N) is 1. The number of aliphatic hydroxyl groups is 1. The number of hydrogen-bond donors (Lipinski definition) is 3. The first-order valence-corrected chi connectivity index (χ1v) is 6.17. The Hall–Kier alpha value is -1.55. The zero-order valence-electron chi connectivity index (χ0n) is 11.3. The maximum atomic E-state index is 11.0. The molecule has 0 aliphatic rings. The van der Waals surface area contributed by atoms with E-state index in [1.807, 2.05) is 19.9 Å². The predicted octanol–water partition coefficient (Wildman–Crippen LogP) is 1.91. The second-order valence-electron chi connectivity index (χ2n) is 5.07. The van der Waals surface area contributed by atoms with Crippen LogP contribution < -0.4 is 11.1 Å². The number of carbonyl (C=O) groups is 1. The number of primary amides is 1. The van der Waals surface area contributed by atoms with Gasteiger partial charge in [-0.25, -0.2) is 0 Å². The average molecular weight is 250 g/mol. The molecule has 0 spiro atoms. The number of nitrogens with one attached hydrogen (secondary N) is 1. The minimum absolute atomic E-state index is 0.130. The highest BCUT2D eigenvalue weighted by atomic mass is 16.3. The van der Waals surface area contributed by atoms with Crippen LogP contribution in [0, 0.1) is 12.3 Å². The number of rotatable bonds is 6. The van der Waals surface area contributed by atoms with E-state index in [0.717, 1.165) is 17.7 Å². The molecule has 4 heteroatoms. The van der Waals surface area contributed by atoms with Gasteiger partial charge in [0.15, 0.2) is 0 Å². The molecule has 0 bridgehead atoms. The van der Waals surface area contributed by atoms with Crippen LogP contribution in [-0.2, 0) is 0 Å². The van der Waals surface area contributed by atoms with Crippen molar-refractivity contribution in [2.45, 2.75) is 27.2 Å². The van der Waals surface area contributed by atoms with Crippen LogP contribution in [0.1, 0.15) is 36.2 Å². The van der Waals surface area contributed by atoms with Gasteiger partial charge in [0.25, 0.3) is 0 Å². The molecule has 1 atom stereocenters. The van der Waals surface area contributed by atoms with Crippen LogP contribution in [0.3, 0.4) is 0 Å². The maximum absolute atomic E-state index is 11.0. The van der Waals surface area contributed by atoms with Gasteiger partial charge in [-0.05, 0) is 37.1 Å². The van der Waals surface area contributed by atoms with Crippen molar-refractivity contribution in [3.05, 3.63) is 29.3 Å². The molecule has 0 heterocycles. The van der Waals surface area contributed by atoms with Crippen molar-refractivity contribution in [2.75, 3.05) is 18.5 Å². The van der Waals surface area contributed by atoms with E-state index in [-0.39, 0.29) is 12.0 Å². The summed E-state index contributed by atoms with van der Waals surface area (Å²) in [5.74, 6) is -0.418. The van der Waals surface area contributed by atoms with Gasteiger partial charge in [0.2, 0.25) is 5.91 Å². The van der Waals surface area contributed by atoms with E-state index in [0.29, 0.717) is 12.1 Å². The Bertz CT molecular complexity index is 426. The largest absolute Gasteiger partial charge is 0.396 e. The van der Waals surface area contributed by atoms with E-state index in [1.165, 1.54) is 0 Å². The molecule has 1 aromatic carbocycles. The molecule has 18 heavy (non-hydrogen) atoms. The third-order valence-corrected chi connectivity index (χ3v) is 3.45. The van der Waals surface area contributed by atoms with Gasteiger partial charge >= 0.3 is 0 Å². The molecule has 0 aliphatic heterocycles. The highest BCUT2D eigenvalue weighted by Crippen LogP contribution is 2.23. The zero-order valence-corrected chi connectivity index (χ0v) is 11.3. The Morgan fingerprint density at radius 2 is 2.17 bits per heavy atom.